The summed E-state index contributed by atoms with van der Waals surface area (Å²) in [5.41, 5.74) is 1.93. The minimum atomic E-state index is -0.442. The van der Waals surface area contributed by atoms with Crippen LogP contribution in [0.5, 0.6) is 11.5 Å². The first-order valence-electron chi connectivity index (χ1n) is 11.2. The number of hydrogen-bond acceptors (Lipinski definition) is 4. The van der Waals surface area contributed by atoms with Gasteiger partial charge in [-0.1, -0.05) is 85.8 Å². The summed E-state index contributed by atoms with van der Waals surface area (Å²) < 4.78 is 12.0. The van der Waals surface area contributed by atoms with Crippen LogP contribution in [-0.4, -0.2) is 11.9 Å². The summed E-state index contributed by atoms with van der Waals surface area (Å²) in [7, 11) is 0. The van der Waals surface area contributed by atoms with Crippen LogP contribution in [0.1, 0.15) is 33.2 Å². The SMILES string of the molecule is CCc1cccc2c(OC(=O)c3ccccc3)c3ccccc3c(OC(=O)c3ccccc3)c12. The molecule has 0 spiro atoms. The summed E-state index contributed by atoms with van der Waals surface area (Å²) in [5, 5.41) is 2.89. The molecule has 0 bridgehead atoms. The Labute approximate surface area is 197 Å². The Balaban J connectivity index is 1.74. The predicted octanol–water partition coefficient (Wildman–Crippen LogP) is 6.99. The molecule has 0 radical (unpaired) electrons. The Hall–Kier alpha value is -4.44. The van der Waals surface area contributed by atoms with E-state index in [9.17, 15) is 9.59 Å². The van der Waals surface area contributed by atoms with Gasteiger partial charge in [-0.15, -0.1) is 0 Å². The molecule has 0 heterocycles. The van der Waals surface area contributed by atoms with Crippen LogP contribution >= 0.6 is 0 Å². The number of rotatable bonds is 5. The molecule has 0 saturated heterocycles. The van der Waals surface area contributed by atoms with Gasteiger partial charge in [-0.3, -0.25) is 0 Å². The largest absolute Gasteiger partial charge is 0.422 e. The van der Waals surface area contributed by atoms with E-state index in [0.717, 1.165) is 22.8 Å². The third-order valence-corrected chi connectivity index (χ3v) is 5.83. The van der Waals surface area contributed by atoms with Crippen LogP contribution in [0, 0.1) is 0 Å². The van der Waals surface area contributed by atoms with Gasteiger partial charge in [0.1, 0.15) is 11.5 Å². The van der Waals surface area contributed by atoms with E-state index >= 15 is 0 Å². The van der Waals surface area contributed by atoms with E-state index in [-0.39, 0.29) is 0 Å². The highest BCUT2D eigenvalue weighted by Gasteiger charge is 2.22. The lowest BCUT2D eigenvalue weighted by atomic mass is 9.96. The third kappa shape index (κ3) is 3.90. The highest BCUT2D eigenvalue weighted by molar-refractivity contribution is 6.14. The summed E-state index contributed by atoms with van der Waals surface area (Å²) in [6, 6.07) is 31.1. The molecule has 4 nitrogen and oxygen atoms in total. The van der Waals surface area contributed by atoms with Gasteiger partial charge in [-0.05, 0) is 36.2 Å². The quantitative estimate of drug-likeness (QED) is 0.166. The fraction of sp³-hybridized carbons (Fsp3) is 0.0667. The highest BCUT2D eigenvalue weighted by Crippen LogP contribution is 2.44. The first-order valence-corrected chi connectivity index (χ1v) is 11.2. The van der Waals surface area contributed by atoms with Crippen molar-refractivity contribution in [1.29, 1.82) is 0 Å². The average molecular weight is 447 g/mol. The van der Waals surface area contributed by atoms with E-state index in [0.29, 0.717) is 33.4 Å². The Kier molecular flexibility index (Phi) is 5.79. The fourth-order valence-electron chi connectivity index (χ4n) is 4.18. The number of carbonyl (C=O) groups is 2. The van der Waals surface area contributed by atoms with E-state index in [1.807, 2.05) is 61.5 Å². The Morgan fingerprint density at radius 3 is 1.59 bits per heavy atom. The van der Waals surface area contributed by atoms with E-state index in [1.165, 1.54) is 0 Å². The van der Waals surface area contributed by atoms with Crippen LogP contribution in [0.2, 0.25) is 0 Å². The van der Waals surface area contributed by atoms with Crippen molar-refractivity contribution in [3.05, 3.63) is 120 Å². The molecule has 0 N–H and O–H groups in total. The maximum Gasteiger partial charge on any atom is 0.343 e. The van der Waals surface area contributed by atoms with Crippen LogP contribution in [0.15, 0.2) is 103 Å². The Morgan fingerprint density at radius 1 is 0.559 bits per heavy atom. The van der Waals surface area contributed by atoms with Crippen molar-refractivity contribution < 1.29 is 19.1 Å². The molecular weight excluding hydrogens is 424 g/mol. The van der Waals surface area contributed by atoms with Gasteiger partial charge < -0.3 is 9.47 Å². The van der Waals surface area contributed by atoms with Gasteiger partial charge in [0.25, 0.3) is 0 Å². The van der Waals surface area contributed by atoms with Gasteiger partial charge in [0, 0.05) is 21.5 Å². The third-order valence-electron chi connectivity index (χ3n) is 5.83. The maximum atomic E-state index is 13.0. The van der Waals surface area contributed by atoms with Gasteiger partial charge in [0.2, 0.25) is 0 Å². The Bertz CT molecular complexity index is 1510. The molecule has 5 aromatic rings. The molecule has 0 aromatic heterocycles. The van der Waals surface area contributed by atoms with E-state index in [1.54, 1.807) is 48.5 Å². The smallest absolute Gasteiger partial charge is 0.343 e. The first-order chi connectivity index (χ1) is 16.7. The average Bonchev–Trinajstić information content (AvgIpc) is 2.90. The summed E-state index contributed by atoms with van der Waals surface area (Å²) in [4.78, 5) is 26.0. The number of hydrogen-bond donors (Lipinski definition) is 0. The van der Waals surface area contributed by atoms with Gasteiger partial charge in [0.05, 0.1) is 11.1 Å². The molecule has 0 atom stereocenters. The first kappa shape index (κ1) is 21.4. The van der Waals surface area contributed by atoms with Gasteiger partial charge in [0.15, 0.2) is 0 Å². The predicted molar refractivity (Wildman–Crippen MR) is 134 cm³/mol. The molecule has 166 valence electrons. The number of benzene rings is 5. The molecule has 0 aliphatic rings. The fourth-order valence-corrected chi connectivity index (χ4v) is 4.18. The van der Waals surface area contributed by atoms with Crippen molar-refractivity contribution in [2.75, 3.05) is 0 Å². The van der Waals surface area contributed by atoms with Crippen LogP contribution in [0.3, 0.4) is 0 Å². The molecule has 0 amide bonds. The van der Waals surface area contributed by atoms with Crippen molar-refractivity contribution in [2.24, 2.45) is 0 Å². The monoisotopic (exact) mass is 446 g/mol. The molecule has 0 aliphatic carbocycles. The molecule has 5 aromatic carbocycles. The number of aryl methyl sites for hydroxylation is 1. The zero-order valence-corrected chi connectivity index (χ0v) is 18.7. The molecule has 34 heavy (non-hydrogen) atoms. The number of carbonyl (C=O) groups excluding carboxylic acids is 2. The van der Waals surface area contributed by atoms with E-state index < -0.39 is 11.9 Å². The second kappa shape index (κ2) is 9.20. The van der Waals surface area contributed by atoms with Gasteiger partial charge in [-0.2, -0.15) is 0 Å². The maximum absolute atomic E-state index is 13.0. The molecule has 0 unspecified atom stereocenters. The second-order valence-corrected chi connectivity index (χ2v) is 7.91. The summed E-state index contributed by atoms with van der Waals surface area (Å²) in [6.07, 6.45) is 0.720. The molecule has 4 heteroatoms. The van der Waals surface area contributed by atoms with Crippen LogP contribution < -0.4 is 9.47 Å². The standard InChI is InChI=1S/C30H22O4/c1-2-20-16-11-19-25-26(20)28(34-30(32)22-14-7-4-8-15-22)24-18-10-9-17-23(24)27(25)33-29(31)21-12-5-3-6-13-21/h3-19H,2H2,1H3. The molecule has 0 aliphatic heterocycles. The van der Waals surface area contributed by atoms with Gasteiger partial charge in [-0.25, -0.2) is 9.59 Å². The van der Waals surface area contributed by atoms with Crippen molar-refractivity contribution >= 4 is 33.5 Å². The van der Waals surface area contributed by atoms with Crippen molar-refractivity contribution in [2.45, 2.75) is 13.3 Å². The number of ether oxygens (including phenoxy) is 2. The lowest BCUT2D eigenvalue weighted by molar-refractivity contribution is 0.0726. The second-order valence-electron chi connectivity index (χ2n) is 7.91. The molecule has 5 rings (SSSR count). The topological polar surface area (TPSA) is 52.6 Å². The summed E-state index contributed by atoms with van der Waals surface area (Å²) in [6.45, 7) is 2.04. The van der Waals surface area contributed by atoms with Crippen LogP contribution in [0.25, 0.3) is 21.5 Å². The zero-order valence-electron chi connectivity index (χ0n) is 18.7. The summed E-state index contributed by atoms with van der Waals surface area (Å²) >= 11 is 0. The highest BCUT2D eigenvalue weighted by atomic mass is 16.5. The number of esters is 2. The number of fused-ring (bicyclic) bond motifs is 2. The van der Waals surface area contributed by atoms with Crippen molar-refractivity contribution in [3.63, 3.8) is 0 Å². The lowest BCUT2D eigenvalue weighted by Crippen LogP contribution is -2.11. The van der Waals surface area contributed by atoms with E-state index in [2.05, 4.69) is 0 Å². The molecular formula is C30H22O4. The Morgan fingerprint density at radius 2 is 1.03 bits per heavy atom. The van der Waals surface area contributed by atoms with Crippen LogP contribution in [-0.2, 0) is 6.42 Å². The zero-order chi connectivity index (χ0) is 23.5. The lowest BCUT2D eigenvalue weighted by Gasteiger charge is -2.18. The minimum absolute atomic E-state index is 0.438. The molecule has 0 saturated carbocycles. The van der Waals surface area contributed by atoms with E-state index in [4.69, 9.17) is 9.47 Å². The minimum Gasteiger partial charge on any atom is -0.422 e. The van der Waals surface area contributed by atoms with Crippen LogP contribution in [0.4, 0.5) is 0 Å². The normalized spacial score (nSPS) is 10.9. The molecule has 0 fully saturated rings. The van der Waals surface area contributed by atoms with Gasteiger partial charge >= 0.3 is 11.9 Å². The van der Waals surface area contributed by atoms with Crippen molar-refractivity contribution in [3.8, 4) is 11.5 Å². The summed E-state index contributed by atoms with van der Waals surface area (Å²) in [5.74, 6) is 0.0423. The van der Waals surface area contributed by atoms with Crippen molar-refractivity contribution in [1.82, 2.24) is 0 Å².